The van der Waals surface area contributed by atoms with Crippen molar-refractivity contribution in [2.45, 2.75) is 19.4 Å². The second kappa shape index (κ2) is 9.74. The minimum atomic E-state index is -0.241. The van der Waals surface area contributed by atoms with E-state index >= 15 is 0 Å². The highest BCUT2D eigenvalue weighted by atomic mass is 32.2. The zero-order chi connectivity index (χ0) is 22.8. The smallest absolute Gasteiger partial charge is 0.253 e. The molecular weight excluding hydrogens is 460 g/mol. The molecule has 3 aliphatic rings. The summed E-state index contributed by atoms with van der Waals surface area (Å²) in [6, 6.07) is 9.22. The lowest BCUT2D eigenvalue weighted by molar-refractivity contribution is -0.130. The van der Waals surface area contributed by atoms with Gasteiger partial charge in [0.05, 0.1) is 18.1 Å². The van der Waals surface area contributed by atoms with E-state index in [4.69, 9.17) is 26.1 Å². The molecule has 5 rings (SSSR count). The van der Waals surface area contributed by atoms with E-state index in [0.717, 1.165) is 48.3 Å². The molecule has 1 saturated heterocycles. The molecule has 0 radical (unpaired) electrons. The van der Waals surface area contributed by atoms with E-state index in [1.807, 2.05) is 30.3 Å². The summed E-state index contributed by atoms with van der Waals surface area (Å²) in [5.74, 6) is 2.23. The summed E-state index contributed by atoms with van der Waals surface area (Å²) in [6.45, 7) is 7.24. The first kappa shape index (κ1) is 22.2. The molecule has 3 aliphatic heterocycles. The van der Waals surface area contributed by atoms with Crippen LogP contribution in [-0.2, 0) is 4.79 Å². The SMILES string of the molecule is CCN1CCN(C(=S)SCC(=O)N2N=C(c3ccco3)CC2c2ccc3c(c2)OCO3)CC1. The van der Waals surface area contributed by atoms with Gasteiger partial charge in [0.15, 0.2) is 11.5 Å². The Morgan fingerprint density at radius 1 is 1.18 bits per heavy atom. The molecule has 1 atom stereocenters. The van der Waals surface area contributed by atoms with Crippen LogP contribution in [0.4, 0.5) is 0 Å². The zero-order valence-electron chi connectivity index (χ0n) is 18.4. The van der Waals surface area contributed by atoms with Crippen LogP contribution in [0.5, 0.6) is 11.5 Å². The van der Waals surface area contributed by atoms with E-state index in [2.05, 4.69) is 21.8 Å². The second-order valence-corrected chi connectivity index (χ2v) is 9.68. The van der Waals surface area contributed by atoms with E-state index in [0.29, 0.717) is 23.7 Å². The van der Waals surface area contributed by atoms with Crippen LogP contribution in [0, 0.1) is 0 Å². The van der Waals surface area contributed by atoms with Crippen molar-refractivity contribution in [3.8, 4) is 11.5 Å². The number of carbonyl (C=O) groups excluding carboxylic acids is 1. The zero-order valence-corrected chi connectivity index (χ0v) is 20.1. The van der Waals surface area contributed by atoms with Crippen LogP contribution < -0.4 is 9.47 Å². The number of thiocarbonyl (C=S) groups is 1. The Bertz CT molecular complexity index is 1050. The maximum absolute atomic E-state index is 13.3. The van der Waals surface area contributed by atoms with Crippen molar-refractivity contribution in [2.24, 2.45) is 5.10 Å². The number of hydrogen-bond acceptors (Lipinski definition) is 8. The monoisotopic (exact) mass is 486 g/mol. The quantitative estimate of drug-likeness (QED) is 0.596. The van der Waals surface area contributed by atoms with Crippen molar-refractivity contribution in [3.63, 3.8) is 0 Å². The second-order valence-electron chi connectivity index (χ2n) is 8.07. The minimum Gasteiger partial charge on any atom is -0.463 e. The van der Waals surface area contributed by atoms with Gasteiger partial charge in [0, 0.05) is 32.6 Å². The summed E-state index contributed by atoms with van der Waals surface area (Å²) in [6.07, 6.45) is 2.18. The van der Waals surface area contributed by atoms with Gasteiger partial charge < -0.3 is 23.7 Å². The minimum absolute atomic E-state index is 0.0845. The van der Waals surface area contributed by atoms with Crippen LogP contribution in [0.25, 0.3) is 0 Å². The highest BCUT2D eigenvalue weighted by Gasteiger charge is 2.35. The van der Waals surface area contributed by atoms with E-state index in [1.165, 1.54) is 11.8 Å². The van der Waals surface area contributed by atoms with Crippen LogP contribution in [0.3, 0.4) is 0 Å². The lowest BCUT2D eigenvalue weighted by Crippen LogP contribution is -2.47. The van der Waals surface area contributed by atoms with Gasteiger partial charge in [-0.05, 0) is 36.4 Å². The normalized spacial score (nSPS) is 20.3. The van der Waals surface area contributed by atoms with Crippen LogP contribution in [0.2, 0.25) is 0 Å². The molecule has 0 saturated carbocycles. The molecule has 0 bridgehead atoms. The first-order valence-corrected chi connectivity index (χ1v) is 12.5. The Morgan fingerprint density at radius 3 is 2.76 bits per heavy atom. The number of furan rings is 1. The molecule has 174 valence electrons. The Hall–Kier alpha value is -2.56. The van der Waals surface area contributed by atoms with Gasteiger partial charge in [-0.25, -0.2) is 5.01 Å². The summed E-state index contributed by atoms with van der Waals surface area (Å²) in [5, 5.41) is 6.22. The van der Waals surface area contributed by atoms with Crippen LogP contribution >= 0.6 is 24.0 Å². The number of carbonyl (C=O) groups is 1. The van der Waals surface area contributed by atoms with E-state index in [1.54, 1.807) is 11.3 Å². The molecule has 8 nitrogen and oxygen atoms in total. The largest absolute Gasteiger partial charge is 0.463 e. The lowest BCUT2D eigenvalue weighted by atomic mass is 10.0. The molecule has 1 fully saturated rings. The number of hydrogen-bond donors (Lipinski definition) is 0. The maximum Gasteiger partial charge on any atom is 0.253 e. The molecule has 0 aliphatic carbocycles. The van der Waals surface area contributed by atoms with Crippen LogP contribution in [-0.4, -0.2) is 76.0 Å². The fourth-order valence-electron chi connectivity index (χ4n) is 4.24. The Labute approximate surface area is 202 Å². The van der Waals surface area contributed by atoms with Crippen molar-refractivity contribution in [3.05, 3.63) is 47.9 Å². The Balaban J connectivity index is 1.29. The molecule has 1 aromatic heterocycles. The fraction of sp³-hybridized carbons (Fsp3) is 0.435. The average Bonchev–Trinajstić information content (AvgIpc) is 3.61. The van der Waals surface area contributed by atoms with Gasteiger partial charge in [0.25, 0.3) is 5.91 Å². The third kappa shape index (κ3) is 4.73. The third-order valence-electron chi connectivity index (χ3n) is 6.15. The Kier molecular flexibility index (Phi) is 6.57. The van der Waals surface area contributed by atoms with Gasteiger partial charge >= 0.3 is 0 Å². The average molecular weight is 487 g/mol. The standard InChI is InChI=1S/C23H26N4O4S2/c1-2-25-7-9-26(10-8-25)23(32)33-14-22(28)27-18(13-17(24-27)19-4-3-11-29-19)16-5-6-20-21(12-16)31-15-30-20/h3-6,11-12,18H,2,7-10,13-15H2,1H3. The van der Waals surface area contributed by atoms with Gasteiger partial charge in [-0.15, -0.1) is 0 Å². The summed E-state index contributed by atoms with van der Waals surface area (Å²) in [7, 11) is 0. The molecular formula is C23H26N4O4S2. The van der Waals surface area contributed by atoms with E-state index < -0.39 is 0 Å². The highest BCUT2D eigenvalue weighted by molar-refractivity contribution is 8.23. The molecule has 10 heteroatoms. The highest BCUT2D eigenvalue weighted by Crippen LogP contribution is 2.39. The molecule has 1 amide bonds. The number of likely N-dealkylation sites (N-methyl/N-ethyl adjacent to an activating group) is 1. The first-order chi connectivity index (χ1) is 16.1. The number of rotatable bonds is 5. The van der Waals surface area contributed by atoms with Crippen molar-refractivity contribution in [1.29, 1.82) is 0 Å². The number of piperazine rings is 1. The summed E-state index contributed by atoms with van der Waals surface area (Å²) < 4.78 is 17.3. The topological polar surface area (TPSA) is 70.8 Å². The summed E-state index contributed by atoms with van der Waals surface area (Å²) >= 11 is 7.04. The molecule has 1 aromatic carbocycles. The molecule has 33 heavy (non-hydrogen) atoms. The van der Waals surface area contributed by atoms with Gasteiger partial charge in [0.2, 0.25) is 6.79 Å². The van der Waals surface area contributed by atoms with E-state index in [9.17, 15) is 4.79 Å². The molecule has 2 aromatic rings. The van der Waals surface area contributed by atoms with Crippen molar-refractivity contribution in [1.82, 2.24) is 14.8 Å². The number of fused-ring (bicyclic) bond motifs is 1. The summed E-state index contributed by atoms with van der Waals surface area (Å²) in [4.78, 5) is 17.9. The number of ether oxygens (including phenoxy) is 2. The lowest BCUT2D eigenvalue weighted by Gasteiger charge is -2.35. The number of amides is 1. The van der Waals surface area contributed by atoms with E-state index in [-0.39, 0.29) is 24.5 Å². The van der Waals surface area contributed by atoms with Crippen molar-refractivity contribution in [2.75, 3.05) is 45.3 Å². The predicted molar refractivity (Wildman–Crippen MR) is 131 cm³/mol. The van der Waals surface area contributed by atoms with Gasteiger partial charge in [-0.3, -0.25) is 4.79 Å². The third-order valence-corrected chi connectivity index (χ3v) is 7.66. The summed E-state index contributed by atoms with van der Waals surface area (Å²) in [5.41, 5.74) is 1.69. The van der Waals surface area contributed by atoms with Crippen LogP contribution in [0.15, 0.2) is 46.1 Å². The van der Waals surface area contributed by atoms with Gasteiger partial charge in [-0.1, -0.05) is 37.0 Å². The van der Waals surface area contributed by atoms with Gasteiger partial charge in [-0.2, -0.15) is 5.10 Å². The predicted octanol–water partition coefficient (Wildman–Crippen LogP) is 3.34. The first-order valence-electron chi connectivity index (χ1n) is 11.1. The van der Waals surface area contributed by atoms with Crippen molar-refractivity contribution < 1.29 is 18.7 Å². The molecule has 4 heterocycles. The van der Waals surface area contributed by atoms with Crippen LogP contribution in [0.1, 0.15) is 30.7 Å². The number of benzene rings is 1. The number of hydrazone groups is 1. The number of nitrogens with zero attached hydrogens (tertiary/aromatic N) is 4. The van der Waals surface area contributed by atoms with Gasteiger partial charge in [0.1, 0.15) is 15.8 Å². The molecule has 0 N–H and O–H groups in total. The molecule has 0 spiro atoms. The fourth-order valence-corrected chi connectivity index (χ4v) is 5.34. The molecule has 1 unspecified atom stereocenters. The van der Waals surface area contributed by atoms with Crippen molar-refractivity contribution >= 4 is 39.9 Å². The number of thioether (sulfide) groups is 1. The maximum atomic E-state index is 13.3. The Morgan fingerprint density at radius 2 is 2.00 bits per heavy atom.